The Hall–Kier alpha value is -4.60. The van der Waals surface area contributed by atoms with Crippen LogP contribution in [0.4, 0.5) is 10.1 Å². The summed E-state index contributed by atoms with van der Waals surface area (Å²) >= 11 is 0. The molecule has 0 saturated heterocycles. The van der Waals surface area contributed by atoms with Gasteiger partial charge in [-0.05, 0) is 42.8 Å². The SMILES string of the molecule is Cc1ccccc1NC(=O)Cn1nc2c(-c3nc(-c4cccc(F)c4)no3)cccn2c1=O. The van der Waals surface area contributed by atoms with Gasteiger partial charge in [-0.2, -0.15) is 4.98 Å². The molecule has 3 heterocycles. The van der Waals surface area contributed by atoms with Crippen molar-refractivity contribution in [2.24, 2.45) is 0 Å². The van der Waals surface area contributed by atoms with E-state index in [1.54, 1.807) is 30.3 Å². The fourth-order valence-electron chi connectivity index (χ4n) is 3.42. The molecule has 0 aliphatic carbocycles. The van der Waals surface area contributed by atoms with Crippen LogP contribution < -0.4 is 11.0 Å². The van der Waals surface area contributed by atoms with Crippen LogP contribution in [0.3, 0.4) is 0 Å². The summed E-state index contributed by atoms with van der Waals surface area (Å²) in [5.74, 6) is -0.495. The number of amides is 1. The lowest BCUT2D eigenvalue weighted by Gasteiger charge is -2.07. The summed E-state index contributed by atoms with van der Waals surface area (Å²) in [6.45, 7) is 1.61. The second kappa shape index (κ2) is 8.15. The largest absolute Gasteiger partial charge is 0.350 e. The molecule has 0 atom stereocenters. The lowest BCUT2D eigenvalue weighted by molar-refractivity contribution is -0.117. The van der Waals surface area contributed by atoms with Crippen LogP contribution >= 0.6 is 0 Å². The summed E-state index contributed by atoms with van der Waals surface area (Å²) in [5.41, 5.74) is 2.18. The molecule has 0 saturated carbocycles. The Morgan fingerprint density at radius 1 is 1.12 bits per heavy atom. The van der Waals surface area contributed by atoms with Gasteiger partial charge in [0.2, 0.25) is 11.7 Å². The maximum Gasteiger partial charge on any atom is 0.350 e. The van der Waals surface area contributed by atoms with Crippen LogP contribution in [-0.4, -0.2) is 30.2 Å². The lowest BCUT2D eigenvalue weighted by Crippen LogP contribution is -2.28. The Kier molecular flexibility index (Phi) is 5.02. The minimum Gasteiger partial charge on any atom is -0.333 e. The minimum atomic E-state index is -0.489. The van der Waals surface area contributed by atoms with Crippen LogP contribution in [0.2, 0.25) is 0 Å². The van der Waals surface area contributed by atoms with Crippen LogP contribution in [0.15, 0.2) is 76.2 Å². The predicted molar refractivity (Wildman–Crippen MR) is 118 cm³/mol. The third kappa shape index (κ3) is 3.89. The molecule has 0 aliphatic heterocycles. The van der Waals surface area contributed by atoms with Crippen molar-refractivity contribution >= 4 is 17.2 Å². The molecule has 164 valence electrons. The van der Waals surface area contributed by atoms with Crippen molar-refractivity contribution in [1.29, 1.82) is 0 Å². The molecule has 0 spiro atoms. The lowest BCUT2D eigenvalue weighted by atomic mass is 10.2. The van der Waals surface area contributed by atoms with E-state index in [9.17, 15) is 14.0 Å². The van der Waals surface area contributed by atoms with Gasteiger partial charge in [-0.15, -0.1) is 5.10 Å². The van der Waals surface area contributed by atoms with E-state index in [1.165, 1.54) is 22.7 Å². The molecule has 0 bridgehead atoms. The van der Waals surface area contributed by atoms with E-state index in [-0.39, 0.29) is 29.8 Å². The van der Waals surface area contributed by atoms with Crippen LogP contribution in [0.5, 0.6) is 0 Å². The fourth-order valence-corrected chi connectivity index (χ4v) is 3.42. The van der Waals surface area contributed by atoms with Crippen molar-refractivity contribution in [3.05, 3.63) is 88.7 Å². The Labute approximate surface area is 186 Å². The number of fused-ring (bicyclic) bond motifs is 1. The Balaban J connectivity index is 1.46. The normalized spacial score (nSPS) is 11.1. The standard InChI is InChI=1S/C23H17FN6O3/c1-14-6-2-3-10-18(14)25-19(31)13-30-23(32)29-11-5-9-17(21(29)27-30)22-26-20(28-33-22)15-7-4-8-16(24)12-15/h2-12H,13H2,1H3,(H,25,31). The molecule has 0 radical (unpaired) electrons. The highest BCUT2D eigenvalue weighted by Gasteiger charge is 2.19. The first kappa shape index (κ1) is 20.3. The number of benzene rings is 2. The third-order valence-corrected chi connectivity index (χ3v) is 5.06. The molecule has 1 N–H and O–H groups in total. The Bertz CT molecular complexity index is 1550. The van der Waals surface area contributed by atoms with Crippen molar-refractivity contribution in [2.75, 3.05) is 5.32 Å². The van der Waals surface area contributed by atoms with Crippen molar-refractivity contribution in [3.63, 3.8) is 0 Å². The number of aromatic nitrogens is 5. The summed E-state index contributed by atoms with van der Waals surface area (Å²) in [7, 11) is 0. The number of anilines is 1. The van der Waals surface area contributed by atoms with Gasteiger partial charge in [-0.25, -0.2) is 18.3 Å². The molecule has 9 nitrogen and oxygen atoms in total. The molecular weight excluding hydrogens is 427 g/mol. The van der Waals surface area contributed by atoms with Gasteiger partial charge in [0.25, 0.3) is 5.89 Å². The third-order valence-electron chi connectivity index (χ3n) is 5.06. The second-order valence-electron chi connectivity index (χ2n) is 7.35. The summed E-state index contributed by atoms with van der Waals surface area (Å²) in [4.78, 5) is 29.6. The maximum absolute atomic E-state index is 13.5. The highest BCUT2D eigenvalue weighted by molar-refractivity contribution is 5.91. The zero-order chi connectivity index (χ0) is 22.9. The number of pyridine rings is 1. The monoisotopic (exact) mass is 444 g/mol. The first-order valence-corrected chi connectivity index (χ1v) is 10.0. The molecule has 33 heavy (non-hydrogen) atoms. The summed E-state index contributed by atoms with van der Waals surface area (Å²) in [5, 5.41) is 11.0. The smallest absolute Gasteiger partial charge is 0.333 e. The topological polar surface area (TPSA) is 107 Å². The molecular formula is C23H17FN6O3. The van der Waals surface area contributed by atoms with Gasteiger partial charge in [0.15, 0.2) is 5.65 Å². The number of carbonyl (C=O) groups excluding carboxylic acids is 1. The van der Waals surface area contributed by atoms with Gasteiger partial charge in [-0.1, -0.05) is 35.5 Å². The van der Waals surface area contributed by atoms with Gasteiger partial charge >= 0.3 is 5.69 Å². The number of nitrogens with one attached hydrogen (secondary N) is 1. The van der Waals surface area contributed by atoms with E-state index < -0.39 is 11.5 Å². The van der Waals surface area contributed by atoms with Gasteiger partial charge in [0.1, 0.15) is 12.4 Å². The average molecular weight is 444 g/mol. The summed E-state index contributed by atoms with van der Waals surface area (Å²) < 4.78 is 21.2. The van der Waals surface area contributed by atoms with Crippen molar-refractivity contribution < 1.29 is 13.7 Å². The molecule has 0 unspecified atom stereocenters. The van der Waals surface area contributed by atoms with Gasteiger partial charge in [0, 0.05) is 17.4 Å². The molecule has 3 aromatic heterocycles. The molecule has 5 rings (SSSR count). The number of halogens is 1. The highest BCUT2D eigenvalue weighted by atomic mass is 19.1. The maximum atomic E-state index is 13.5. The number of hydrogen-bond donors (Lipinski definition) is 1. The molecule has 0 aliphatic rings. The van der Waals surface area contributed by atoms with E-state index >= 15 is 0 Å². The Morgan fingerprint density at radius 2 is 1.97 bits per heavy atom. The van der Waals surface area contributed by atoms with Crippen LogP contribution in [-0.2, 0) is 11.3 Å². The van der Waals surface area contributed by atoms with Crippen molar-refractivity contribution in [3.8, 4) is 22.8 Å². The number of para-hydroxylation sites is 1. The molecule has 0 fully saturated rings. The van der Waals surface area contributed by atoms with E-state index in [0.717, 1.165) is 10.2 Å². The number of aryl methyl sites for hydroxylation is 1. The number of rotatable bonds is 5. The zero-order valence-electron chi connectivity index (χ0n) is 17.4. The first-order chi connectivity index (χ1) is 16.0. The van der Waals surface area contributed by atoms with Gasteiger partial charge < -0.3 is 9.84 Å². The number of carbonyl (C=O) groups is 1. The van der Waals surface area contributed by atoms with Crippen LogP contribution in [0.25, 0.3) is 28.5 Å². The molecule has 10 heteroatoms. The molecule has 5 aromatic rings. The Morgan fingerprint density at radius 3 is 2.79 bits per heavy atom. The van der Waals surface area contributed by atoms with E-state index in [4.69, 9.17) is 4.52 Å². The summed E-state index contributed by atoms with van der Waals surface area (Å²) in [6, 6.07) is 16.5. The van der Waals surface area contributed by atoms with Crippen LogP contribution in [0, 0.1) is 12.7 Å². The molecule has 2 aromatic carbocycles. The second-order valence-corrected chi connectivity index (χ2v) is 7.35. The first-order valence-electron chi connectivity index (χ1n) is 10.0. The van der Waals surface area contributed by atoms with Gasteiger partial charge in [0.05, 0.1) is 5.56 Å². The zero-order valence-corrected chi connectivity index (χ0v) is 17.4. The molecule has 1 amide bonds. The van der Waals surface area contributed by atoms with E-state index in [2.05, 4.69) is 20.6 Å². The van der Waals surface area contributed by atoms with Crippen LogP contribution in [0.1, 0.15) is 5.56 Å². The fraction of sp³-hybridized carbons (Fsp3) is 0.0870. The van der Waals surface area contributed by atoms with Crippen molar-refractivity contribution in [2.45, 2.75) is 13.5 Å². The minimum absolute atomic E-state index is 0.112. The number of nitrogens with zero attached hydrogens (tertiary/aromatic N) is 5. The average Bonchev–Trinajstić information content (AvgIpc) is 3.41. The number of hydrogen-bond acceptors (Lipinski definition) is 6. The van der Waals surface area contributed by atoms with E-state index in [1.807, 2.05) is 25.1 Å². The summed E-state index contributed by atoms with van der Waals surface area (Å²) in [6.07, 6.45) is 1.54. The van der Waals surface area contributed by atoms with Crippen molar-refractivity contribution in [1.82, 2.24) is 24.3 Å². The van der Waals surface area contributed by atoms with Gasteiger partial charge in [-0.3, -0.25) is 4.79 Å². The predicted octanol–water partition coefficient (Wildman–Crippen LogP) is 3.30. The quantitative estimate of drug-likeness (QED) is 0.446. The van der Waals surface area contributed by atoms with E-state index in [0.29, 0.717) is 16.8 Å². The highest BCUT2D eigenvalue weighted by Crippen LogP contribution is 2.24.